The van der Waals surface area contributed by atoms with Gasteiger partial charge in [0.05, 0.1) is 12.2 Å². The number of carbonyl (C=O) groups is 1. The van der Waals surface area contributed by atoms with Crippen LogP contribution in [-0.4, -0.2) is 17.6 Å². The molecule has 0 aromatic carbocycles. The third kappa shape index (κ3) is 1.23. The van der Waals surface area contributed by atoms with E-state index in [0.717, 1.165) is 16.9 Å². The van der Waals surface area contributed by atoms with Crippen molar-refractivity contribution in [3.8, 4) is 0 Å². The normalized spacial score (nSPS) is 21.2. The first-order chi connectivity index (χ1) is 6.20. The number of aliphatic carboxylic acids is 1. The summed E-state index contributed by atoms with van der Waals surface area (Å²) in [6.45, 7) is 3.00. The molecule has 0 spiro atoms. The zero-order valence-electron chi connectivity index (χ0n) is 7.33. The number of fused-ring (bicyclic) bond motifs is 1. The molecule has 13 heavy (non-hydrogen) atoms. The van der Waals surface area contributed by atoms with Gasteiger partial charge < -0.3 is 14.8 Å². The van der Waals surface area contributed by atoms with Gasteiger partial charge in [-0.15, -0.1) is 0 Å². The third-order valence-electron chi connectivity index (χ3n) is 2.41. The van der Waals surface area contributed by atoms with Crippen LogP contribution in [0.3, 0.4) is 0 Å². The van der Waals surface area contributed by atoms with Crippen molar-refractivity contribution in [3.63, 3.8) is 0 Å². The predicted octanol–water partition coefficient (Wildman–Crippen LogP) is 0.859. The van der Waals surface area contributed by atoms with Crippen LogP contribution in [0.25, 0.3) is 0 Å². The number of carboxylic acid groups (broad SMARTS) is 1. The van der Waals surface area contributed by atoms with Crippen molar-refractivity contribution in [3.05, 3.63) is 23.2 Å². The fraction of sp³-hybridized carbons (Fsp3) is 0.444. The summed E-state index contributed by atoms with van der Waals surface area (Å²) in [7, 11) is 0. The molecule has 0 fully saturated rings. The number of nitrogens with one attached hydrogen (secondary N) is 1. The maximum atomic E-state index is 10.9. The van der Waals surface area contributed by atoms with E-state index >= 15 is 0 Å². The first kappa shape index (κ1) is 8.31. The Kier molecular flexibility index (Phi) is 1.84. The fourth-order valence-corrected chi connectivity index (χ4v) is 1.78. The van der Waals surface area contributed by atoms with Crippen LogP contribution in [-0.2, 0) is 11.3 Å². The molecule has 4 heteroatoms. The quantitative estimate of drug-likeness (QED) is 0.674. The third-order valence-corrected chi connectivity index (χ3v) is 2.41. The van der Waals surface area contributed by atoms with Crippen molar-refractivity contribution in [2.24, 2.45) is 0 Å². The van der Waals surface area contributed by atoms with E-state index in [-0.39, 0.29) is 0 Å². The molecule has 1 aliphatic rings. The maximum absolute atomic E-state index is 10.9. The Bertz CT molecular complexity index is 343. The van der Waals surface area contributed by atoms with Crippen molar-refractivity contribution in [1.82, 2.24) is 5.32 Å². The van der Waals surface area contributed by atoms with Crippen LogP contribution in [0.4, 0.5) is 0 Å². The van der Waals surface area contributed by atoms with Crippen molar-refractivity contribution >= 4 is 5.97 Å². The minimum atomic E-state index is -0.794. The molecule has 1 aliphatic heterocycles. The topological polar surface area (TPSA) is 62.5 Å². The molecular weight excluding hydrogens is 170 g/mol. The Balaban J connectivity index is 2.46. The van der Waals surface area contributed by atoms with Crippen LogP contribution in [0, 0.1) is 6.92 Å². The lowest BCUT2D eigenvalue weighted by molar-refractivity contribution is -0.138. The smallest absolute Gasteiger partial charge is 0.312 e. The molecule has 1 atom stereocenters. The molecule has 2 N–H and O–H groups in total. The Morgan fingerprint density at radius 3 is 3.23 bits per heavy atom. The molecule has 1 aromatic rings. The molecule has 70 valence electrons. The highest BCUT2D eigenvalue weighted by molar-refractivity contribution is 5.77. The number of aryl methyl sites for hydroxylation is 1. The SMILES string of the molecule is Cc1occ2c1C(C(=O)O)CNC2. The second-order valence-corrected chi connectivity index (χ2v) is 3.25. The first-order valence-corrected chi connectivity index (χ1v) is 4.20. The largest absolute Gasteiger partial charge is 0.481 e. The molecule has 2 rings (SSSR count). The van der Waals surface area contributed by atoms with E-state index in [1.165, 1.54) is 0 Å². The van der Waals surface area contributed by atoms with Gasteiger partial charge in [0.1, 0.15) is 5.76 Å². The van der Waals surface area contributed by atoms with Crippen LogP contribution >= 0.6 is 0 Å². The maximum Gasteiger partial charge on any atom is 0.312 e. The van der Waals surface area contributed by atoms with Crippen LogP contribution in [0.5, 0.6) is 0 Å². The molecule has 0 saturated carbocycles. The molecule has 1 unspecified atom stereocenters. The summed E-state index contributed by atoms with van der Waals surface area (Å²) in [5.41, 5.74) is 1.82. The molecular formula is C9H11NO3. The van der Waals surface area contributed by atoms with Gasteiger partial charge in [0.15, 0.2) is 0 Å². The van der Waals surface area contributed by atoms with Crippen LogP contribution in [0.15, 0.2) is 10.7 Å². The Morgan fingerprint density at radius 2 is 2.54 bits per heavy atom. The van der Waals surface area contributed by atoms with Gasteiger partial charge in [0.25, 0.3) is 0 Å². The number of carboxylic acids is 1. The van der Waals surface area contributed by atoms with Crippen molar-refractivity contribution in [2.45, 2.75) is 19.4 Å². The van der Waals surface area contributed by atoms with E-state index in [0.29, 0.717) is 13.1 Å². The molecule has 0 aliphatic carbocycles. The fourth-order valence-electron chi connectivity index (χ4n) is 1.78. The summed E-state index contributed by atoms with van der Waals surface area (Å²) < 4.78 is 5.19. The van der Waals surface area contributed by atoms with E-state index in [1.807, 2.05) is 0 Å². The highest BCUT2D eigenvalue weighted by atomic mass is 16.4. The Labute approximate surface area is 75.6 Å². The summed E-state index contributed by atoms with van der Waals surface area (Å²) in [4.78, 5) is 10.9. The Morgan fingerprint density at radius 1 is 1.77 bits per heavy atom. The van der Waals surface area contributed by atoms with Crippen LogP contribution < -0.4 is 5.32 Å². The van der Waals surface area contributed by atoms with E-state index in [4.69, 9.17) is 9.52 Å². The minimum Gasteiger partial charge on any atom is -0.481 e. The monoisotopic (exact) mass is 181 g/mol. The summed E-state index contributed by atoms with van der Waals surface area (Å²) in [5.74, 6) is -0.524. The van der Waals surface area contributed by atoms with Crippen LogP contribution in [0.2, 0.25) is 0 Å². The van der Waals surface area contributed by atoms with E-state index in [2.05, 4.69) is 5.32 Å². The van der Waals surface area contributed by atoms with Crippen molar-refractivity contribution < 1.29 is 14.3 Å². The predicted molar refractivity (Wildman–Crippen MR) is 45.5 cm³/mol. The summed E-state index contributed by atoms with van der Waals surface area (Å²) in [6, 6.07) is 0. The van der Waals surface area contributed by atoms with Crippen molar-refractivity contribution in [1.29, 1.82) is 0 Å². The summed E-state index contributed by atoms with van der Waals surface area (Å²) >= 11 is 0. The van der Waals surface area contributed by atoms with E-state index in [1.54, 1.807) is 13.2 Å². The standard InChI is InChI=1S/C9H11NO3/c1-5-8-6(4-13-5)2-10-3-7(8)9(11)12/h4,7,10H,2-3H2,1H3,(H,11,12). The molecule has 4 nitrogen and oxygen atoms in total. The number of hydrogen-bond donors (Lipinski definition) is 2. The van der Waals surface area contributed by atoms with Gasteiger partial charge in [-0.1, -0.05) is 0 Å². The Hall–Kier alpha value is -1.29. The summed E-state index contributed by atoms with van der Waals surface area (Å²) in [6.07, 6.45) is 1.63. The van der Waals surface area contributed by atoms with E-state index in [9.17, 15) is 4.79 Å². The molecule has 0 saturated heterocycles. The zero-order chi connectivity index (χ0) is 9.42. The van der Waals surface area contributed by atoms with Gasteiger partial charge in [-0.2, -0.15) is 0 Å². The van der Waals surface area contributed by atoms with Gasteiger partial charge >= 0.3 is 5.97 Å². The lowest BCUT2D eigenvalue weighted by Crippen LogP contribution is -2.32. The van der Waals surface area contributed by atoms with Gasteiger partial charge in [-0.05, 0) is 6.92 Å². The summed E-state index contributed by atoms with van der Waals surface area (Å²) in [5, 5.41) is 12.0. The van der Waals surface area contributed by atoms with Gasteiger partial charge in [-0.3, -0.25) is 4.79 Å². The number of furan rings is 1. The molecule has 0 bridgehead atoms. The second-order valence-electron chi connectivity index (χ2n) is 3.25. The second kappa shape index (κ2) is 2.88. The molecule has 0 amide bonds. The lowest BCUT2D eigenvalue weighted by atomic mass is 9.93. The number of rotatable bonds is 1. The van der Waals surface area contributed by atoms with Gasteiger partial charge in [0, 0.05) is 24.2 Å². The highest BCUT2D eigenvalue weighted by Gasteiger charge is 2.29. The zero-order valence-corrected chi connectivity index (χ0v) is 7.33. The lowest BCUT2D eigenvalue weighted by Gasteiger charge is -2.19. The van der Waals surface area contributed by atoms with Crippen LogP contribution in [0.1, 0.15) is 22.8 Å². The van der Waals surface area contributed by atoms with E-state index < -0.39 is 11.9 Å². The molecule has 0 radical (unpaired) electrons. The van der Waals surface area contributed by atoms with Crippen molar-refractivity contribution in [2.75, 3.05) is 6.54 Å². The average Bonchev–Trinajstić information content (AvgIpc) is 2.48. The number of hydrogen-bond acceptors (Lipinski definition) is 3. The minimum absolute atomic E-state index is 0.456. The molecule has 1 aromatic heterocycles. The van der Waals surface area contributed by atoms with Gasteiger partial charge in [-0.25, -0.2) is 0 Å². The average molecular weight is 181 g/mol. The van der Waals surface area contributed by atoms with Gasteiger partial charge in [0.2, 0.25) is 0 Å². The first-order valence-electron chi connectivity index (χ1n) is 4.20. The molecule has 2 heterocycles. The highest BCUT2D eigenvalue weighted by Crippen LogP contribution is 2.28.